The van der Waals surface area contributed by atoms with E-state index in [1.807, 2.05) is 4.90 Å². The van der Waals surface area contributed by atoms with Gasteiger partial charge in [-0.15, -0.1) is 0 Å². The van der Waals surface area contributed by atoms with Gasteiger partial charge < -0.3 is 10.2 Å². The lowest BCUT2D eigenvalue weighted by Gasteiger charge is -2.15. The molecular formula is C11H22N2O. The molecule has 82 valence electrons. The molecule has 1 fully saturated rings. The molecule has 1 saturated heterocycles. The highest BCUT2D eigenvalue weighted by atomic mass is 16.2. The first-order valence-corrected chi connectivity index (χ1v) is 5.68. The van der Waals surface area contributed by atoms with Crippen molar-refractivity contribution in [1.82, 2.24) is 10.2 Å². The maximum atomic E-state index is 11.3. The Hall–Kier alpha value is -0.570. The number of likely N-dealkylation sites (tertiary alicyclic amines) is 1. The van der Waals surface area contributed by atoms with Crippen LogP contribution in [0.15, 0.2) is 0 Å². The molecule has 1 heterocycles. The van der Waals surface area contributed by atoms with Crippen LogP contribution >= 0.6 is 0 Å². The minimum Gasteiger partial charge on any atom is -0.343 e. The summed E-state index contributed by atoms with van der Waals surface area (Å²) >= 11 is 0. The molecule has 1 N–H and O–H groups in total. The van der Waals surface area contributed by atoms with Gasteiger partial charge in [-0.25, -0.2) is 0 Å². The number of nitrogens with zero attached hydrogens (tertiary/aromatic N) is 1. The molecule has 0 aromatic rings. The van der Waals surface area contributed by atoms with E-state index < -0.39 is 0 Å². The van der Waals surface area contributed by atoms with Crippen LogP contribution < -0.4 is 5.32 Å². The molecule has 3 heteroatoms. The van der Waals surface area contributed by atoms with E-state index >= 15 is 0 Å². The minimum atomic E-state index is 0.342. The van der Waals surface area contributed by atoms with Crippen molar-refractivity contribution >= 4 is 5.91 Å². The molecule has 0 unspecified atom stereocenters. The van der Waals surface area contributed by atoms with Gasteiger partial charge in [-0.1, -0.05) is 13.8 Å². The van der Waals surface area contributed by atoms with Crippen LogP contribution in [-0.4, -0.2) is 37.0 Å². The van der Waals surface area contributed by atoms with Crippen LogP contribution in [0.4, 0.5) is 0 Å². The second-order valence-corrected chi connectivity index (χ2v) is 4.44. The van der Waals surface area contributed by atoms with Crippen molar-refractivity contribution in [2.75, 3.05) is 26.2 Å². The molecule has 14 heavy (non-hydrogen) atoms. The first kappa shape index (κ1) is 11.5. The third-order valence-corrected chi connectivity index (χ3v) is 2.51. The van der Waals surface area contributed by atoms with E-state index in [1.54, 1.807) is 0 Å². The van der Waals surface area contributed by atoms with E-state index in [-0.39, 0.29) is 0 Å². The quantitative estimate of drug-likeness (QED) is 0.651. The van der Waals surface area contributed by atoms with Crippen LogP contribution in [0.2, 0.25) is 0 Å². The smallest absolute Gasteiger partial charge is 0.222 e. The molecule has 0 spiro atoms. The standard InChI is InChI=1S/C11H22N2O/c1-10(2)9-12-6-4-8-13-7-3-5-11(13)14/h10,12H,3-9H2,1-2H3. The Morgan fingerprint density at radius 1 is 1.50 bits per heavy atom. The summed E-state index contributed by atoms with van der Waals surface area (Å²) in [6.45, 7) is 8.43. The number of hydrogen-bond donors (Lipinski definition) is 1. The van der Waals surface area contributed by atoms with Gasteiger partial charge >= 0.3 is 0 Å². The van der Waals surface area contributed by atoms with E-state index in [1.165, 1.54) is 0 Å². The lowest BCUT2D eigenvalue weighted by molar-refractivity contribution is -0.127. The van der Waals surface area contributed by atoms with Crippen molar-refractivity contribution in [2.24, 2.45) is 5.92 Å². The molecule has 0 aliphatic carbocycles. The zero-order valence-corrected chi connectivity index (χ0v) is 9.38. The van der Waals surface area contributed by atoms with E-state index in [2.05, 4.69) is 19.2 Å². The maximum Gasteiger partial charge on any atom is 0.222 e. The Morgan fingerprint density at radius 3 is 2.86 bits per heavy atom. The predicted octanol–water partition coefficient (Wildman–Crippen LogP) is 1.24. The molecular weight excluding hydrogens is 176 g/mol. The van der Waals surface area contributed by atoms with Crippen LogP contribution in [0, 0.1) is 5.92 Å². The molecule has 0 bridgehead atoms. The summed E-state index contributed by atoms with van der Waals surface area (Å²) in [4.78, 5) is 13.2. The van der Waals surface area contributed by atoms with Crippen molar-refractivity contribution in [1.29, 1.82) is 0 Å². The van der Waals surface area contributed by atoms with Crippen molar-refractivity contribution in [3.8, 4) is 0 Å². The fourth-order valence-corrected chi connectivity index (χ4v) is 1.73. The summed E-state index contributed by atoms with van der Waals surface area (Å²) in [6.07, 6.45) is 2.90. The number of rotatable bonds is 6. The zero-order valence-electron chi connectivity index (χ0n) is 9.38. The van der Waals surface area contributed by atoms with Gasteiger partial charge in [-0.05, 0) is 31.8 Å². The highest BCUT2D eigenvalue weighted by Gasteiger charge is 2.18. The lowest BCUT2D eigenvalue weighted by atomic mass is 10.2. The second kappa shape index (κ2) is 6.02. The molecule has 1 rings (SSSR count). The van der Waals surface area contributed by atoms with E-state index in [0.717, 1.165) is 45.4 Å². The van der Waals surface area contributed by atoms with Crippen LogP contribution in [0.1, 0.15) is 33.1 Å². The van der Waals surface area contributed by atoms with Crippen LogP contribution in [0.3, 0.4) is 0 Å². The summed E-state index contributed by atoms with van der Waals surface area (Å²) in [7, 11) is 0. The Morgan fingerprint density at radius 2 is 2.29 bits per heavy atom. The molecule has 3 nitrogen and oxygen atoms in total. The van der Waals surface area contributed by atoms with Gasteiger partial charge in [0.1, 0.15) is 0 Å². The first-order valence-electron chi connectivity index (χ1n) is 5.68. The molecule has 1 aliphatic rings. The Kier molecular flexibility index (Phi) is 4.94. The number of amides is 1. The summed E-state index contributed by atoms with van der Waals surface area (Å²) in [6, 6.07) is 0. The average molecular weight is 198 g/mol. The molecule has 1 amide bonds. The average Bonchev–Trinajstić information content (AvgIpc) is 2.51. The van der Waals surface area contributed by atoms with Gasteiger partial charge in [0.05, 0.1) is 0 Å². The van der Waals surface area contributed by atoms with Gasteiger partial charge in [-0.3, -0.25) is 4.79 Å². The Labute approximate surface area is 86.9 Å². The second-order valence-electron chi connectivity index (χ2n) is 4.44. The fraction of sp³-hybridized carbons (Fsp3) is 0.909. The molecule has 0 aromatic carbocycles. The first-order chi connectivity index (χ1) is 6.70. The number of nitrogens with one attached hydrogen (secondary N) is 1. The van der Waals surface area contributed by atoms with Crippen molar-refractivity contribution in [2.45, 2.75) is 33.1 Å². The van der Waals surface area contributed by atoms with Crippen LogP contribution in [-0.2, 0) is 4.79 Å². The highest BCUT2D eigenvalue weighted by molar-refractivity contribution is 5.77. The van der Waals surface area contributed by atoms with Gasteiger partial charge in [0.2, 0.25) is 5.91 Å². The number of hydrogen-bond acceptors (Lipinski definition) is 2. The molecule has 0 atom stereocenters. The van der Waals surface area contributed by atoms with Crippen molar-refractivity contribution in [3.63, 3.8) is 0 Å². The highest BCUT2D eigenvalue weighted by Crippen LogP contribution is 2.09. The maximum absolute atomic E-state index is 11.3. The SMILES string of the molecule is CC(C)CNCCCN1CCCC1=O. The minimum absolute atomic E-state index is 0.342. The van der Waals surface area contributed by atoms with Gasteiger partial charge in [0.25, 0.3) is 0 Å². The molecule has 0 saturated carbocycles. The largest absolute Gasteiger partial charge is 0.343 e. The summed E-state index contributed by atoms with van der Waals surface area (Å²) < 4.78 is 0. The van der Waals surface area contributed by atoms with E-state index in [9.17, 15) is 4.79 Å². The third kappa shape index (κ3) is 4.09. The molecule has 1 aliphatic heterocycles. The molecule has 0 radical (unpaired) electrons. The third-order valence-electron chi connectivity index (χ3n) is 2.51. The van der Waals surface area contributed by atoms with Crippen molar-refractivity contribution < 1.29 is 4.79 Å². The summed E-state index contributed by atoms with van der Waals surface area (Å²) in [5.74, 6) is 1.05. The Balaban J connectivity index is 1.96. The van der Waals surface area contributed by atoms with E-state index in [4.69, 9.17) is 0 Å². The van der Waals surface area contributed by atoms with Gasteiger partial charge in [0.15, 0.2) is 0 Å². The fourth-order valence-electron chi connectivity index (χ4n) is 1.73. The van der Waals surface area contributed by atoms with Gasteiger partial charge in [-0.2, -0.15) is 0 Å². The van der Waals surface area contributed by atoms with Crippen LogP contribution in [0.25, 0.3) is 0 Å². The van der Waals surface area contributed by atoms with E-state index in [0.29, 0.717) is 11.8 Å². The predicted molar refractivity (Wildman–Crippen MR) is 58.1 cm³/mol. The topological polar surface area (TPSA) is 32.3 Å². The Bertz CT molecular complexity index is 180. The summed E-state index contributed by atoms with van der Waals surface area (Å²) in [5.41, 5.74) is 0. The van der Waals surface area contributed by atoms with Crippen LogP contribution in [0.5, 0.6) is 0 Å². The van der Waals surface area contributed by atoms with Crippen molar-refractivity contribution in [3.05, 3.63) is 0 Å². The normalized spacial score (nSPS) is 17.1. The monoisotopic (exact) mass is 198 g/mol. The number of carbonyl (C=O) groups is 1. The lowest BCUT2D eigenvalue weighted by Crippen LogP contribution is -2.29. The van der Waals surface area contributed by atoms with Gasteiger partial charge in [0, 0.05) is 19.5 Å². The zero-order chi connectivity index (χ0) is 10.4. The number of carbonyl (C=O) groups excluding carboxylic acids is 1. The summed E-state index contributed by atoms with van der Waals surface area (Å²) in [5, 5.41) is 3.39. The molecule has 0 aromatic heterocycles.